The van der Waals surface area contributed by atoms with Crippen molar-refractivity contribution in [3.05, 3.63) is 35.9 Å². The van der Waals surface area contributed by atoms with Crippen LogP contribution < -0.4 is 0 Å². The maximum Gasteiger partial charge on any atom is 0.321 e. The van der Waals surface area contributed by atoms with Gasteiger partial charge in [0.05, 0.1) is 0 Å². The number of likely N-dealkylation sites (tertiary alicyclic amines) is 1. The first-order valence-corrected chi connectivity index (χ1v) is 7.58. The summed E-state index contributed by atoms with van der Waals surface area (Å²) >= 11 is 5.65. The SMILES string of the molecule is CC1C(C)C(OC(=O)CCl)(c2ccccc2)CCN1C. The normalized spacial score (nSPS) is 31.0. The summed E-state index contributed by atoms with van der Waals surface area (Å²) in [5, 5.41) is 0. The number of hydrogen-bond donors (Lipinski definition) is 0. The maximum atomic E-state index is 11.8. The van der Waals surface area contributed by atoms with Crippen LogP contribution in [0.3, 0.4) is 0 Å². The number of carbonyl (C=O) groups excluding carboxylic acids is 1. The number of halogens is 1. The van der Waals surface area contributed by atoms with Crippen molar-refractivity contribution in [1.82, 2.24) is 4.90 Å². The van der Waals surface area contributed by atoms with E-state index in [9.17, 15) is 4.79 Å². The van der Waals surface area contributed by atoms with Crippen LogP contribution in [0.4, 0.5) is 0 Å². The van der Waals surface area contributed by atoms with Gasteiger partial charge in [0, 0.05) is 24.9 Å². The molecule has 0 N–H and O–H groups in total. The minimum Gasteiger partial charge on any atom is -0.453 e. The highest BCUT2D eigenvalue weighted by Crippen LogP contribution is 2.43. The number of benzene rings is 1. The largest absolute Gasteiger partial charge is 0.453 e. The molecule has 1 saturated heterocycles. The molecule has 1 fully saturated rings. The Labute approximate surface area is 125 Å². The fourth-order valence-electron chi connectivity index (χ4n) is 3.11. The third-order valence-electron chi connectivity index (χ3n) is 4.66. The Morgan fingerprint density at radius 3 is 2.65 bits per heavy atom. The Hall–Kier alpha value is -1.06. The minimum atomic E-state index is -0.570. The summed E-state index contributed by atoms with van der Waals surface area (Å²) in [5.74, 6) is -0.249. The lowest BCUT2D eigenvalue weighted by molar-refractivity contribution is -0.176. The number of carbonyl (C=O) groups is 1. The number of alkyl halides is 1. The highest BCUT2D eigenvalue weighted by atomic mass is 35.5. The predicted molar refractivity (Wildman–Crippen MR) is 80.8 cm³/mol. The van der Waals surface area contributed by atoms with Crippen molar-refractivity contribution in [3.8, 4) is 0 Å². The van der Waals surface area contributed by atoms with Crippen molar-refractivity contribution in [2.75, 3.05) is 19.5 Å². The molecular formula is C16H22ClNO2. The molecule has 2 rings (SSSR count). The van der Waals surface area contributed by atoms with E-state index in [2.05, 4.69) is 25.8 Å². The van der Waals surface area contributed by atoms with Crippen LogP contribution in [0.15, 0.2) is 30.3 Å². The molecule has 3 atom stereocenters. The van der Waals surface area contributed by atoms with E-state index in [4.69, 9.17) is 16.3 Å². The van der Waals surface area contributed by atoms with E-state index >= 15 is 0 Å². The van der Waals surface area contributed by atoms with Gasteiger partial charge in [-0.25, -0.2) is 0 Å². The zero-order valence-corrected chi connectivity index (χ0v) is 13.1. The van der Waals surface area contributed by atoms with Crippen LogP contribution in [0.1, 0.15) is 25.8 Å². The first kappa shape index (κ1) is 15.3. The second kappa shape index (κ2) is 6.15. The number of esters is 1. The third-order valence-corrected chi connectivity index (χ3v) is 4.88. The van der Waals surface area contributed by atoms with Crippen LogP contribution in [-0.4, -0.2) is 36.4 Å². The van der Waals surface area contributed by atoms with Gasteiger partial charge in [-0.05, 0) is 19.5 Å². The van der Waals surface area contributed by atoms with Gasteiger partial charge in [0.25, 0.3) is 0 Å². The fraction of sp³-hybridized carbons (Fsp3) is 0.562. The summed E-state index contributed by atoms with van der Waals surface area (Å²) in [5.41, 5.74) is 0.491. The summed E-state index contributed by atoms with van der Waals surface area (Å²) in [6, 6.07) is 10.4. The summed E-state index contributed by atoms with van der Waals surface area (Å²) < 4.78 is 5.85. The molecule has 1 heterocycles. The van der Waals surface area contributed by atoms with Crippen molar-refractivity contribution in [3.63, 3.8) is 0 Å². The molecule has 1 aromatic carbocycles. The average Bonchev–Trinajstić information content (AvgIpc) is 2.49. The van der Waals surface area contributed by atoms with Gasteiger partial charge in [-0.3, -0.25) is 4.79 Å². The van der Waals surface area contributed by atoms with Gasteiger partial charge in [0.1, 0.15) is 11.5 Å². The molecule has 1 aliphatic heterocycles. The van der Waals surface area contributed by atoms with E-state index < -0.39 is 5.60 Å². The number of rotatable bonds is 3. The fourth-order valence-corrected chi connectivity index (χ4v) is 3.16. The number of hydrogen-bond acceptors (Lipinski definition) is 3. The van der Waals surface area contributed by atoms with Crippen LogP contribution in [-0.2, 0) is 15.1 Å². The van der Waals surface area contributed by atoms with Gasteiger partial charge in [-0.1, -0.05) is 37.3 Å². The lowest BCUT2D eigenvalue weighted by atomic mass is 9.73. The topological polar surface area (TPSA) is 29.5 Å². The van der Waals surface area contributed by atoms with Gasteiger partial charge in [0.2, 0.25) is 0 Å². The van der Waals surface area contributed by atoms with E-state index in [0.29, 0.717) is 6.04 Å². The Bertz CT molecular complexity index is 465. The highest BCUT2D eigenvalue weighted by Gasteiger charge is 2.47. The quantitative estimate of drug-likeness (QED) is 0.634. The summed E-state index contributed by atoms with van der Waals surface area (Å²) in [6.07, 6.45) is 0.793. The van der Waals surface area contributed by atoms with E-state index in [1.807, 2.05) is 30.3 Å². The molecule has 0 aliphatic carbocycles. The van der Waals surface area contributed by atoms with Crippen molar-refractivity contribution < 1.29 is 9.53 Å². The number of piperidine rings is 1. The van der Waals surface area contributed by atoms with E-state index in [1.54, 1.807) is 0 Å². The summed E-state index contributed by atoms with van der Waals surface area (Å²) in [7, 11) is 2.11. The molecule has 0 bridgehead atoms. The van der Waals surface area contributed by atoms with Gasteiger partial charge in [-0.2, -0.15) is 0 Å². The molecule has 0 radical (unpaired) electrons. The molecule has 0 aromatic heterocycles. The van der Waals surface area contributed by atoms with Crippen molar-refractivity contribution >= 4 is 17.6 Å². The monoisotopic (exact) mass is 295 g/mol. The highest BCUT2D eigenvalue weighted by molar-refractivity contribution is 6.26. The first-order valence-electron chi connectivity index (χ1n) is 7.05. The average molecular weight is 296 g/mol. The van der Waals surface area contributed by atoms with Gasteiger partial charge in [-0.15, -0.1) is 11.6 Å². The Morgan fingerprint density at radius 2 is 2.05 bits per heavy atom. The molecule has 3 nitrogen and oxygen atoms in total. The zero-order valence-electron chi connectivity index (χ0n) is 12.3. The van der Waals surface area contributed by atoms with E-state index in [1.165, 1.54) is 0 Å². The Balaban J connectivity index is 2.42. The maximum absolute atomic E-state index is 11.8. The molecule has 20 heavy (non-hydrogen) atoms. The molecule has 3 unspecified atom stereocenters. The molecule has 0 spiro atoms. The first-order chi connectivity index (χ1) is 9.51. The van der Waals surface area contributed by atoms with Crippen molar-refractivity contribution in [2.24, 2.45) is 5.92 Å². The lowest BCUT2D eigenvalue weighted by Gasteiger charge is -2.49. The third kappa shape index (κ3) is 2.70. The van der Waals surface area contributed by atoms with Gasteiger partial charge in [0.15, 0.2) is 0 Å². The Morgan fingerprint density at radius 1 is 1.40 bits per heavy atom. The van der Waals surface area contributed by atoms with Crippen LogP contribution in [0.5, 0.6) is 0 Å². The summed E-state index contributed by atoms with van der Waals surface area (Å²) in [6.45, 7) is 5.22. The van der Waals surface area contributed by atoms with Gasteiger partial charge >= 0.3 is 5.97 Å². The Kier molecular flexibility index (Phi) is 4.71. The molecule has 4 heteroatoms. The molecule has 1 aliphatic rings. The summed E-state index contributed by atoms with van der Waals surface area (Å²) in [4.78, 5) is 14.1. The van der Waals surface area contributed by atoms with Crippen LogP contribution in [0, 0.1) is 5.92 Å². The molecule has 0 amide bonds. The second-order valence-electron chi connectivity index (χ2n) is 5.62. The molecule has 110 valence electrons. The van der Waals surface area contributed by atoms with Crippen molar-refractivity contribution in [2.45, 2.75) is 31.9 Å². The second-order valence-corrected chi connectivity index (χ2v) is 5.89. The lowest BCUT2D eigenvalue weighted by Crippen LogP contribution is -2.54. The van der Waals surface area contributed by atoms with Crippen LogP contribution >= 0.6 is 11.6 Å². The molecule has 1 aromatic rings. The smallest absolute Gasteiger partial charge is 0.321 e. The number of nitrogens with zero attached hydrogens (tertiary/aromatic N) is 1. The predicted octanol–water partition coefficient (Wildman–Crippen LogP) is 3.02. The molecule has 0 saturated carbocycles. The van der Waals surface area contributed by atoms with Gasteiger partial charge < -0.3 is 9.64 Å². The van der Waals surface area contributed by atoms with Crippen molar-refractivity contribution in [1.29, 1.82) is 0 Å². The molecular weight excluding hydrogens is 274 g/mol. The minimum absolute atomic E-state index is 0.106. The standard InChI is InChI=1S/C16H22ClNO2/c1-12-13(2)18(3)10-9-16(12,20-15(19)11-17)14-7-5-4-6-8-14/h4-8,12-13H,9-11H2,1-3H3. The van der Waals surface area contributed by atoms with E-state index in [-0.39, 0.29) is 17.8 Å². The van der Waals surface area contributed by atoms with Crippen LogP contribution in [0.25, 0.3) is 0 Å². The number of ether oxygens (including phenoxy) is 1. The van der Waals surface area contributed by atoms with Crippen LogP contribution in [0.2, 0.25) is 0 Å². The van der Waals surface area contributed by atoms with E-state index in [0.717, 1.165) is 18.5 Å². The zero-order chi connectivity index (χ0) is 14.8.